The smallest absolute Gasteiger partial charge is 0.307 e. The lowest BCUT2D eigenvalue weighted by Gasteiger charge is -2.38. The summed E-state index contributed by atoms with van der Waals surface area (Å²) in [6.45, 7) is 4.91. The average Bonchev–Trinajstić information content (AvgIpc) is 2.66. The van der Waals surface area contributed by atoms with E-state index >= 15 is 0 Å². The molecule has 0 aromatic heterocycles. The van der Waals surface area contributed by atoms with Gasteiger partial charge in [0.2, 0.25) is 5.91 Å². The van der Waals surface area contributed by atoms with Crippen molar-refractivity contribution in [3.05, 3.63) is 0 Å². The van der Waals surface area contributed by atoms with Crippen molar-refractivity contribution in [1.29, 1.82) is 0 Å². The molecule has 2 saturated carbocycles. The Balaban J connectivity index is 1.89. The predicted octanol–water partition coefficient (Wildman–Crippen LogP) is 2.04. The van der Waals surface area contributed by atoms with Gasteiger partial charge in [0.1, 0.15) is 0 Å². The van der Waals surface area contributed by atoms with Gasteiger partial charge in [0, 0.05) is 6.54 Å². The lowest BCUT2D eigenvalue weighted by molar-refractivity contribution is -0.146. The first-order valence-corrected chi connectivity index (χ1v) is 6.92. The Bertz CT molecular complexity index is 349. The molecule has 102 valence electrons. The molecule has 18 heavy (non-hydrogen) atoms. The molecule has 2 N–H and O–H groups in total. The Morgan fingerprint density at radius 3 is 2.39 bits per heavy atom. The van der Waals surface area contributed by atoms with Crippen molar-refractivity contribution >= 4 is 11.9 Å². The number of carbonyl (C=O) groups excluding carboxylic acids is 1. The van der Waals surface area contributed by atoms with Crippen LogP contribution in [0.5, 0.6) is 0 Å². The van der Waals surface area contributed by atoms with Crippen LogP contribution in [0.15, 0.2) is 0 Å². The molecule has 1 unspecified atom stereocenters. The molecular weight excluding hydrogens is 230 g/mol. The van der Waals surface area contributed by atoms with E-state index in [-0.39, 0.29) is 17.2 Å². The van der Waals surface area contributed by atoms with Crippen molar-refractivity contribution in [2.45, 2.75) is 46.0 Å². The van der Waals surface area contributed by atoms with Gasteiger partial charge in [-0.3, -0.25) is 9.59 Å². The van der Waals surface area contributed by atoms with E-state index in [1.165, 1.54) is 6.42 Å². The molecule has 2 aliphatic rings. The van der Waals surface area contributed by atoms with Crippen LogP contribution in [0.1, 0.15) is 46.0 Å². The Morgan fingerprint density at radius 2 is 1.89 bits per heavy atom. The Morgan fingerprint density at radius 1 is 1.28 bits per heavy atom. The minimum Gasteiger partial charge on any atom is -0.481 e. The molecule has 0 aromatic rings. The van der Waals surface area contributed by atoms with Gasteiger partial charge < -0.3 is 10.4 Å². The number of nitrogens with one attached hydrogen (secondary N) is 1. The molecular formula is C14H23NO3. The van der Waals surface area contributed by atoms with E-state index in [1.54, 1.807) is 0 Å². The Labute approximate surface area is 108 Å². The van der Waals surface area contributed by atoms with Crippen molar-refractivity contribution in [2.75, 3.05) is 6.54 Å². The van der Waals surface area contributed by atoms with Crippen LogP contribution in [0.4, 0.5) is 0 Å². The quantitative estimate of drug-likeness (QED) is 0.805. The average molecular weight is 253 g/mol. The molecule has 0 radical (unpaired) electrons. The highest BCUT2D eigenvalue weighted by atomic mass is 16.4. The third-order valence-corrected chi connectivity index (χ3v) is 4.70. The molecule has 2 fully saturated rings. The summed E-state index contributed by atoms with van der Waals surface area (Å²) in [5, 5.41) is 12.1. The largest absolute Gasteiger partial charge is 0.481 e. The van der Waals surface area contributed by atoms with E-state index in [0.717, 1.165) is 12.8 Å². The SMILES string of the molecule is CC1C[C@H](C(=O)NCC2(C)CCC2)[C@H](C(=O)O)C1. The third-order valence-electron chi connectivity index (χ3n) is 4.70. The highest BCUT2D eigenvalue weighted by molar-refractivity contribution is 5.85. The van der Waals surface area contributed by atoms with Crippen molar-refractivity contribution < 1.29 is 14.7 Å². The lowest BCUT2D eigenvalue weighted by Crippen LogP contribution is -2.43. The monoisotopic (exact) mass is 253 g/mol. The number of carbonyl (C=O) groups is 2. The molecule has 2 rings (SSSR count). The lowest BCUT2D eigenvalue weighted by atomic mass is 9.70. The maximum atomic E-state index is 12.1. The second-order valence-electron chi connectivity index (χ2n) is 6.51. The summed E-state index contributed by atoms with van der Waals surface area (Å²) in [6, 6.07) is 0. The Hall–Kier alpha value is -1.06. The van der Waals surface area contributed by atoms with Crippen LogP contribution in [0.25, 0.3) is 0 Å². The molecule has 0 bridgehead atoms. The second kappa shape index (κ2) is 4.90. The number of amides is 1. The summed E-state index contributed by atoms with van der Waals surface area (Å²) in [7, 11) is 0. The Kier molecular flexibility index (Phi) is 3.64. The first kappa shape index (κ1) is 13.4. The highest BCUT2D eigenvalue weighted by Gasteiger charge is 2.42. The number of carboxylic acid groups (broad SMARTS) is 1. The van der Waals surface area contributed by atoms with Crippen LogP contribution < -0.4 is 5.32 Å². The number of carboxylic acids is 1. The van der Waals surface area contributed by atoms with Crippen LogP contribution >= 0.6 is 0 Å². The summed E-state index contributed by atoms with van der Waals surface area (Å²) in [6.07, 6.45) is 4.90. The highest BCUT2D eigenvalue weighted by Crippen LogP contribution is 2.40. The number of rotatable bonds is 4. The van der Waals surface area contributed by atoms with Gasteiger partial charge in [0.05, 0.1) is 11.8 Å². The molecule has 0 saturated heterocycles. The van der Waals surface area contributed by atoms with Gasteiger partial charge in [0.25, 0.3) is 0 Å². The van der Waals surface area contributed by atoms with Crippen molar-refractivity contribution in [3.8, 4) is 0 Å². The van der Waals surface area contributed by atoms with Crippen LogP contribution in [-0.4, -0.2) is 23.5 Å². The number of hydrogen-bond acceptors (Lipinski definition) is 2. The topological polar surface area (TPSA) is 66.4 Å². The summed E-state index contributed by atoms with van der Waals surface area (Å²) in [5.74, 6) is -1.37. The van der Waals surface area contributed by atoms with Gasteiger partial charge in [-0.15, -0.1) is 0 Å². The van der Waals surface area contributed by atoms with Crippen LogP contribution in [-0.2, 0) is 9.59 Å². The fourth-order valence-electron chi connectivity index (χ4n) is 3.24. The molecule has 4 nitrogen and oxygen atoms in total. The summed E-state index contributed by atoms with van der Waals surface area (Å²) in [5.41, 5.74) is 0.249. The fourth-order valence-corrected chi connectivity index (χ4v) is 3.24. The van der Waals surface area contributed by atoms with E-state index in [9.17, 15) is 9.59 Å². The first-order valence-electron chi connectivity index (χ1n) is 6.92. The van der Waals surface area contributed by atoms with Crippen molar-refractivity contribution in [1.82, 2.24) is 5.32 Å². The van der Waals surface area contributed by atoms with Crippen LogP contribution in [0.2, 0.25) is 0 Å². The zero-order valence-electron chi connectivity index (χ0n) is 11.2. The molecule has 0 aliphatic heterocycles. The van der Waals surface area contributed by atoms with E-state index in [4.69, 9.17) is 5.11 Å². The van der Waals surface area contributed by atoms with Crippen LogP contribution in [0.3, 0.4) is 0 Å². The zero-order valence-corrected chi connectivity index (χ0v) is 11.2. The van der Waals surface area contributed by atoms with E-state index in [0.29, 0.717) is 25.3 Å². The maximum Gasteiger partial charge on any atom is 0.307 e. The second-order valence-corrected chi connectivity index (χ2v) is 6.51. The van der Waals surface area contributed by atoms with Crippen molar-refractivity contribution in [2.24, 2.45) is 23.2 Å². The minimum atomic E-state index is -0.825. The van der Waals surface area contributed by atoms with E-state index in [1.807, 2.05) is 6.92 Å². The molecule has 0 aromatic carbocycles. The molecule has 1 amide bonds. The summed E-state index contributed by atoms with van der Waals surface area (Å²) in [4.78, 5) is 23.3. The standard InChI is InChI=1S/C14H23NO3/c1-9-6-10(11(7-9)13(17)18)12(16)15-8-14(2)4-3-5-14/h9-11H,3-8H2,1-2H3,(H,15,16)(H,17,18)/t9?,10-,11+/m0/s1. The number of aliphatic carboxylic acids is 1. The molecule has 4 heteroatoms. The zero-order chi connectivity index (χ0) is 13.3. The molecule has 2 aliphatic carbocycles. The van der Waals surface area contributed by atoms with Crippen molar-refractivity contribution in [3.63, 3.8) is 0 Å². The summed E-state index contributed by atoms with van der Waals surface area (Å²) >= 11 is 0. The predicted molar refractivity (Wildman–Crippen MR) is 68.0 cm³/mol. The molecule has 0 spiro atoms. The molecule has 3 atom stereocenters. The molecule has 0 heterocycles. The summed E-state index contributed by atoms with van der Waals surface area (Å²) < 4.78 is 0. The van der Waals surface area contributed by atoms with E-state index < -0.39 is 11.9 Å². The minimum absolute atomic E-state index is 0.0557. The van der Waals surface area contributed by atoms with Crippen LogP contribution in [0, 0.1) is 23.2 Å². The fraction of sp³-hybridized carbons (Fsp3) is 0.857. The van der Waals surface area contributed by atoms with Gasteiger partial charge in [0.15, 0.2) is 0 Å². The van der Waals surface area contributed by atoms with Gasteiger partial charge >= 0.3 is 5.97 Å². The van der Waals surface area contributed by atoms with Gasteiger partial charge in [-0.05, 0) is 37.0 Å². The third kappa shape index (κ3) is 2.68. The first-order chi connectivity index (χ1) is 8.41. The normalized spacial score (nSPS) is 33.8. The van der Waals surface area contributed by atoms with Gasteiger partial charge in [-0.1, -0.05) is 20.3 Å². The number of hydrogen-bond donors (Lipinski definition) is 2. The van der Waals surface area contributed by atoms with Gasteiger partial charge in [-0.2, -0.15) is 0 Å². The maximum absolute atomic E-state index is 12.1. The van der Waals surface area contributed by atoms with E-state index in [2.05, 4.69) is 12.2 Å². The van der Waals surface area contributed by atoms with Gasteiger partial charge in [-0.25, -0.2) is 0 Å².